The summed E-state index contributed by atoms with van der Waals surface area (Å²) in [5, 5.41) is 4.27. The summed E-state index contributed by atoms with van der Waals surface area (Å²) in [6.45, 7) is 4.70. The van der Waals surface area contributed by atoms with Crippen molar-refractivity contribution in [3.63, 3.8) is 0 Å². The number of carbonyl (C=O) groups excluding carboxylic acids is 1. The van der Waals surface area contributed by atoms with Crippen LogP contribution in [0.4, 0.5) is 0 Å². The van der Waals surface area contributed by atoms with Crippen LogP contribution in [0.15, 0.2) is 59.7 Å². The van der Waals surface area contributed by atoms with Crippen LogP contribution >= 0.6 is 0 Å². The Morgan fingerprint density at radius 1 is 0.960 bits per heavy atom. The van der Waals surface area contributed by atoms with Crippen LogP contribution in [0.1, 0.15) is 55.5 Å². The van der Waals surface area contributed by atoms with E-state index in [1.54, 1.807) is 12.1 Å². The Bertz CT molecular complexity index is 671. The zero-order chi connectivity index (χ0) is 17.9. The van der Waals surface area contributed by atoms with Gasteiger partial charge in [-0.1, -0.05) is 57.0 Å². The number of amides is 1. The highest BCUT2D eigenvalue weighted by Gasteiger charge is 2.06. The molecule has 0 bridgehead atoms. The molecule has 4 nitrogen and oxygen atoms in total. The van der Waals surface area contributed by atoms with Gasteiger partial charge in [0.05, 0.1) is 0 Å². The zero-order valence-electron chi connectivity index (χ0n) is 15.0. The van der Waals surface area contributed by atoms with Gasteiger partial charge in [-0.15, -0.1) is 0 Å². The first-order valence-electron chi connectivity index (χ1n) is 8.85. The van der Waals surface area contributed by atoms with Crippen molar-refractivity contribution in [1.82, 2.24) is 5.43 Å². The summed E-state index contributed by atoms with van der Waals surface area (Å²) in [6, 6.07) is 17.1. The third-order valence-electron chi connectivity index (χ3n) is 3.76. The highest BCUT2D eigenvalue weighted by Crippen LogP contribution is 2.12. The SMILES string of the molecule is CCCC(CCC)=NNC(=O)c1ccc(COc2ccccc2)cc1. The second kappa shape index (κ2) is 10.3. The minimum absolute atomic E-state index is 0.180. The quantitative estimate of drug-likeness (QED) is 0.519. The van der Waals surface area contributed by atoms with E-state index in [1.165, 1.54) is 0 Å². The van der Waals surface area contributed by atoms with Gasteiger partial charge >= 0.3 is 0 Å². The molecule has 132 valence electrons. The first-order chi connectivity index (χ1) is 12.2. The van der Waals surface area contributed by atoms with Gasteiger partial charge in [-0.05, 0) is 42.7 Å². The number of para-hydroxylation sites is 1. The van der Waals surface area contributed by atoms with Gasteiger partial charge in [-0.25, -0.2) is 5.43 Å². The van der Waals surface area contributed by atoms with Crippen LogP contribution < -0.4 is 10.2 Å². The maximum Gasteiger partial charge on any atom is 0.271 e. The Balaban J connectivity index is 1.90. The maximum atomic E-state index is 12.2. The minimum Gasteiger partial charge on any atom is -0.489 e. The normalized spacial score (nSPS) is 10.2. The largest absolute Gasteiger partial charge is 0.489 e. The lowest BCUT2D eigenvalue weighted by atomic mass is 10.1. The second-order valence-corrected chi connectivity index (χ2v) is 5.92. The third kappa shape index (κ3) is 6.42. The molecule has 2 aromatic carbocycles. The Morgan fingerprint density at radius 3 is 2.20 bits per heavy atom. The van der Waals surface area contributed by atoms with Crippen LogP contribution in [-0.4, -0.2) is 11.6 Å². The van der Waals surface area contributed by atoms with Crippen molar-refractivity contribution in [2.75, 3.05) is 0 Å². The number of rotatable bonds is 9. The summed E-state index contributed by atoms with van der Waals surface area (Å²) in [6.07, 6.45) is 3.91. The molecule has 0 spiro atoms. The van der Waals surface area contributed by atoms with Crippen molar-refractivity contribution in [2.24, 2.45) is 5.10 Å². The van der Waals surface area contributed by atoms with Crippen LogP contribution in [0.3, 0.4) is 0 Å². The molecule has 2 rings (SSSR count). The molecular formula is C21H26N2O2. The smallest absolute Gasteiger partial charge is 0.271 e. The molecule has 0 fully saturated rings. The first kappa shape index (κ1) is 18.7. The van der Waals surface area contributed by atoms with Crippen LogP contribution in [0.5, 0.6) is 5.75 Å². The van der Waals surface area contributed by atoms with Crippen molar-refractivity contribution in [1.29, 1.82) is 0 Å². The molecule has 0 saturated carbocycles. The Labute approximate surface area is 149 Å². The molecule has 0 aliphatic carbocycles. The number of nitrogens with zero attached hydrogens (tertiary/aromatic N) is 1. The van der Waals surface area contributed by atoms with Crippen LogP contribution in [0, 0.1) is 0 Å². The molecule has 2 aromatic rings. The van der Waals surface area contributed by atoms with Gasteiger partial charge in [0, 0.05) is 11.3 Å². The number of nitrogens with one attached hydrogen (secondary N) is 1. The van der Waals surface area contributed by atoms with Gasteiger partial charge in [0.25, 0.3) is 5.91 Å². The Morgan fingerprint density at radius 2 is 1.60 bits per heavy atom. The van der Waals surface area contributed by atoms with E-state index in [2.05, 4.69) is 24.4 Å². The highest BCUT2D eigenvalue weighted by atomic mass is 16.5. The monoisotopic (exact) mass is 338 g/mol. The van der Waals surface area contributed by atoms with E-state index in [9.17, 15) is 4.79 Å². The molecule has 1 N–H and O–H groups in total. The average Bonchev–Trinajstić information content (AvgIpc) is 2.66. The van der Waals surface area contributed by atoms with Crippen molar-refractivity contribution < 1.29 is 9.53 Å². The van der Waals surface area contributed by atoms with Crippen molar-refractivity contribution in [2.45, 2.75) is 46.1 Å². The summed E-state index contributed by atoms with van der Waals surface area (Å²) in [7, 11) is 0. The molecule has 25 heavy (non-hydrogen) atoms. The van der Waals surface area contributed by atoms with E-state index in [0.717, 1.165) is 42.7 Å². The molecule has 0 aliphatic heterocycles. The number of hydrogen-bond donors (Lipinski definition) is 1. The summed E-state index contributed by atoms with van der Waals surface area (Å²) in [4.78, 5) is 12.2. The minimum atomic E-state index is -0.180. The van der Waals surface area contributed by atoms with Crippen LogP contribution in [-0.2, 0) is 6.61 Å². The molecule has 0 aromatic heterocycles. The first-order valence-corrected chi connectivity index (χ1v) is 8.85. The number of benzene rings is 2. The van der Waals surface area contributed by atoms with Crippen molar-refractivity contribution >= 4 is 11.6 Å². The summed E-state index contributed by atoms with van der Waals surface area (Å²) in [5.74, 6) is 0.651. The van der Waals surface area contributed by atoms with Crippen LogP contribution in [0.2, 0.25) is 0 Å². The predicted octanol–water partition coefficient (Wildman–Crippen LogP) is 4.95. The lowest BCUT2D eigenvalue weighted by molar-refractivity contribution is 0.0954. The maximum absolute atomic E-state index is 12.2. The van der Waals surface area contributed by atoms with E-state index < -0.39 is 0 Å². The van der Waals surface area contributed by atoms with E-state index in [1.807, 2.05) is 42.5 Å². The fourth-order valence-electron chi connectivity index (χ4n) is 2.44. The molecule has 0 aliphatic rings. The summed E-state index contributed by atoms with van der Waals surface area (Å²) < 4.78 is 5.70. The van der Waals surface area contributed by atoms with E-state index in [0.29, 0.717) is 12.2 Å². The third-order valence-corrected chi connectivity index (χ3v) is 3.76. The van der Waals surface area contributed by atoms with Gasteiger partial charge in [-0.3, -0.25) is 4.79 Å². The van der Waals surface area contributed by atoms with Crippen LogP contribution in [0.25, 0.3) is 0 Å². The lowest BCUT2D eigenvalue weighted by Gasteiger charge is -2.07. The summed E-state index contributed by atoms with van der Waals surface area (Å²) >= 11 is 0. The van der Waals surface area contributed by atoms with Crippen molar-refractivity contribution in [3.8, 4) is 5.75 Å². The Hall–Kier alpha value is -2.62. The zero-order valence-corrected chi connectivity index (χ0v) is 15.0. The number of hydrazone groups is 1. The molecule has 0 atom stereocenters. The fourth-order valence-corrected chi connectivity index (χ4v) is 2.44. The topological polar surface area (TPSA) is 50.7 Å². The Kier molecular flexibility index (Phi) is 7.70. The van der Waals surface area contributed by atoms with Gasteiger partial charge in [0.2, 0.25) is 0 Å². The van der Waals surface area contributed by atoms with E-state index >= 15 is 0 Å². The van der Waals surface area contributed by atoms with E-state index in [4.69, 9.17) is 4.74 Å². The number of carbonyl (C=O) groups is 1. The molecule has 0 unspecified atom stereocenters. The highest BCUT2D eigenvalue weighted by molar-refractivity contribution is 5.95. The second-order valence-electron chi connectivity index (χ2n) is 5.92. The van der Waals surface area contributed by atoms with E-state index in [-0.39, 0.29) is 5.91 Å². The average molecular weight is 338 g/mol. The molecular weight excluding hydrogens is 312 g/mol. The van der Waals surface area contributed by atoms with Gasteiger partial charge in [-0.2, -0.15) is 5.10 Å². The molecule has 0 saturated heterocycles. The summed E-state index contributed by atoms with van der Waals surface area (Å²) in [5.41, 5.74) is 5.32. The molecule has 0 heterocycles. The number of ether oxygens (including phenoxy) is 1. The van der Waals surface area contributed by atoms with Gasteiger partial charge in [0.15, 0.2) is 0 Å². The molecule has 0 radical (unpaired) electrons. The lowest BCUT2D eigenvalue weighted by Crippen LogP contribution is -2.19. The van der Waals surface area contributed by atoms with Gasteiger partial charge in [0.1, 0.15) is 12.4 Å². The van der Waals surface area contributed by atoms with Gasteiger partial charge < -0.3 is 4.74 Å². The predicted molar refractivity (Wildman–Crippen MR) is 102 cm³/mol. The molecule has 1 amide bonds. The fraction of sp³-hybridized carbons (Fsp3) is 0.333. The molecule has 4 heteroatoms. The standard InChI is InChI=1S/C21H26N2O2/c1-3-8-19(9-4-2)22-23-21(24)18-14-12-17(13-15-18)16-25-20-10-6-5-7-11-20/h5-7,10-15H,3-4,8-9,16H2,1-2H3,(H,23,24). The van der Waals surface area contributed by atoms with Crippen molar-refractivity contribution in [3.05, 3.63) is 65.7 Å². The number of hydrogen-bond acceptors (Lipinski definition) is 3.